The lowest BCUT2D eigenvalue weighted by molar-refractivity contribution is 0.0950. The molecule has 0 atom stereocenters. The highest BCUT2D eigenvalue weighted by molar-refractivity contribution is 8.00. The van der Waals surface area contributed by atoms with E-state index < -0.39 is 0 Å². The smallest absolute Gasteiger partial charge is 0.251 e. The molecule has 3 aromatic rings. The summed E-state index contributed by atoms with van der Waals surface area (Å²) in [6.45, 7) is 2.41. The summed E-state index contributed by atoms with van der Waals surface area (Å²) in [6.07, 6.45) is 0. The normalized spacial score (nSPS) is 10.5. The van der Waals surface area contributed by atoms with E-state index >= 15 is 0 Å². The Hall–Kier alpha value is -2.31. The first-order valence-electron chi connectivity index (χ1n) is 8.20. The molecule has 26 heavy (non-hydrogen) atoms. The van der Waals surface area contributed by atoms with Gasteiger partial charge >= 0.3 is 0 Å². The predicted octanol–water partition coefficient (Wildman–Crippen LogP) is 4.68. The number of hydrogen-bond donors (Lipinski definition) is 1. The number of aromatic nitrogens is 1. The van der Waals surface area contributed by atoms with Crippen molar-refractivity contribution in [2.45, 2.75) is 23.6 Å². The van der Waals surface area contributed by atoms with E-state index in [2.05, 4.69) is 10.3 Å². The molecule has 0 saturated heterocycles. The summed E-state index contributed by atoms with van der Waals surface area (Å²) in [7, 11) is 1.63. The molecule has 0 unspecified atom stereocenters. The summed E-state index contributed by atoms with van der Waals surface area (Å²) in [5.74, 6) is 1.41. The Labute approximate surface area is 161 Å². The van der Waals surface area contributed by atoms with Crippen LogP contribution >= 0.6 is 23.1 Å². The molecule has 0 aliphatic rings. The first-order valence-corrected chi connectivity index (χ1v) is 10.1. The van der Waals surface area contributed by atoms with Gasteiger partial charge in [0, 0.05) is 34.5 Å². The Bertz CT molecular complexity index is 893. The van der Waals surface area contributed by atoms with Gasteiger partial charge in [0.2, 0.25) is 0 Å². The minimum absolute atomic E-state index is 0.0811. The van der Waals surface area contributed by atoms with Crippen LogP contribution in [0.25, 0.3) is 0 Å². The van der Waals surface area contributed by atoms with Crippen LogP contribution in [0.4, 0.5) is 0 Å². The summed E-state index contributed by atoms with van der Waals surface area (Å²) >= 11 is 3.29. The number of thiazole rings is 1. The lowest BCUT2D eigenvalue weighted by atomic mass is 10.1. The van der Waals surface area contributed by atoms with Crippen molar-refractivity contribution in [2.24, 2.45) is 0 Å². The van der Waals surface area contributed by atoms with Gasteiger partial charge in [-0.05, 0) is 24.6 Å². The van der Waals surface area contributed by atoms with Crippen LogP contribution in [-0.2, 0) is 12.3 Å². The van der Waals surface area contributed by atoms with Crippen LogP contribution in [0.2, 0.25) is 0 Å². The number of benzene rings is 2. The predicted molar refractivity (Wildman–Crippen MR) is 107 cm³/mol. The van der Waals surface area contributed by atoms with Crippen molar-refractivity contribution in [3.63, 3.8) is 0 Å². The van der Waals surface area contributed by atoms with E-state index in [1.54, 1.807) is 30.2 Å². The fourth-order valence-corrected chi connectivity index (χ4v) is 4.38. The molecule has 1 N–H and O–H groups in total. The van der Waals surface area contributed by atoms with Gasteiger partial charge in [-0.15, -0.1) is 11.3 Å². The molecule has 2 aromatic carbocycles. The second kappa shape index (κ2) is 8.87. The van der Waals surface area contributed by atoms with Crippen LogP contribution in [-0.4, -0.2) is 18.0 Å². The maximum absolute atomic E-state index is 12.7. The minimum Gasteiger partial charge on any atom is -0.496 e. The monoisotopic (exact) mass is 384 g/mol. The minimum atomic E-state index is -0.0811. The van der Waals surface area contributed by atoms with Crippen LogP contribution in [0.15, 0.2) is 58.3 Å². The van der Waals surface area contributed by atoms with Crippen LogP contribution in [0, 0.1) is 6.92 Å². The van der Waals surface area contributed by atoms with Gasteiger partial charge in [-0.3, -0.25) is 4.79 Å². The first kappa shape index (κ1) is 18.5. The number of nitrogens with one attached hydrogen (secondary N) is 1. The molecular weight excluding hydrogens is 364 g/mol. The lowest BCUT2D eigenvalue weighted by Gasteiger charge is -2.11. The van der Waals surface area contributed by atoms with E-state index in [9.17, 15) is 4.79 Å². The number of rotatable bonds is 7. The number of methoxy groups -OCH3 is 1. The van der Waals surface area contributed by atoms with Crippen LogP contribution in [0.1, 0.15) is 27.2 Å². The standard InChI is InChI=1S/C20H20N2O2S2/c1-14-12-25-20(22-14)26-13-16-8-3-5-9-17(16)19(23)21-11-15-7-4-6-10-18(15)24-2/h3-10,12H,11,13H2,1-2H3,(H,21,23). The van der Waals surface area contributed by atoms with Gasteiger partial charge < -0.3 is 10.1 Å². The highest BCUT2D eigenvalue weighted by atomic mass is 32.2. The van der Waals surface area contributed by atoms with Gasteiger partial charge in [0.1, 0.15) is 10.1 Å². The van der Waals surface area contributed by atoms with Crippen LogP contribution < -0.4 is 10.1 Å². The molecule has 1 heterocycles. The summed E-state index contributed by atoms with van der Waals surface area (Å²) < 4.78 is 6.36. The van der Waals surface area contributed by atoms with Crippen molar-refractivity contribution in [1.29, 1.82) is 0 Å². The quantitative estimate of drug-likeness (QED) is 0.601. The third kappa shape index (κ3) is 4.65. The third-order valence-corrected chi connectivity index (χ3v) is 6.03. The number of aryl methyl sites for hydroxylation is 1. The highest BCUT2D eigenvalue weighted by Crippen LogP contribution is 2.27. The van der Waals surface area contributed by atoms with Crippen molar-refractivity contribution in [3.05, 3.63) is 76.3 Å². The van der Waals surface area contributed by atoms with Crippen molar-refractivity contribution in [1.82, 2.24) is 10.3 Å². The van der Waals surface area contributed by atoms with E-state index in [4.69, 9.17) is 4.74 Å². The van der Waals surface area contributed by atoms with Crippen molar-refractivity contribution < 1.29 is 9.53 Å². The molecular formula is C20H20N2O2S2. The molecule has 1 amide bonds. The van der Waals surface area contributed by atoms with Crippen molar-refractivity contribution in [3.8, 4) is 5.75 Å². The Morgan fingerprint density at radius 3 is 2.62 bits per heavy atom. The first-order chi connectivity index (χ1) is 12.7. The van der Waals surface area contributed by atoms with Gasteiger partial charge in [0.15, 0.2) is 0 Å². The van der Waals surface area contributed by atoms with Gasteiger partial charge in [-0.1, -0.05) is 48.2 Å². The molecule has 0 radical (unpaired) electrons. The van der Waals surface area contributed by atoms with Gasteiger partial charge in [0.25, 0.3) is 5.91 Å². The van der Waals surface area contributed by atoms with E-state index in [0.29, 0.717) is 17.9 Å². The summed E-state index contributed by atoms with van der Waals surface area (Å²) in [4.78, 5) is 17.1. The summed E-state index contributed by atoms with van der Waals surface area (Å²) in [6, 6.07) is 15.4. The number of amides is 1. The van der Waals surface area contributed by atoms with E-state index in [-0.39, 0.29) is 5.91 Å². The molecule has 0 bridgehead atoms. The lowest BCUT2D eigenvalue weighted by Crippen LogP contribution is -2.24. The molecule has 0 fully saturated rings. The van der Waals surface area contributed by atoms with E-state index in [0.717, 1.165) is 26.9 Å². The zero-order valence-electron chi connectivity index (χ0n) is 14.7. The highest BCUT2D eigenvalue weighted by Gasteiger charge is 2.12. The third-order valence-electron chi connectivity index (χ3n) is 3.84. The zero-order valence-corrected chi connectivity index (χ0v) is 16.3. The fourth-order valence-electron chi connectivity index (χ4n) is 2.53. The largest absolute Gasteiger partial charge is 0.496 e. The number of carbonyl (C=O) groups excluding carboxylic acids is 1. The molecule has 0 aliphatic carbocycles. The van der Waals surface area contributed by atoms with Crippen molar-refractivity contribution in [2.75, 3.05) is 7.11 Å². The van der Waals surface area contributed by atoms with E-state index in [1.165, 1.54) is 0 Å². The van der Waals surface area contributed by atoms with Gasteiger partial charge in [0.05, 0.1) is 7.11 Å². The second-order valence-corrected chi connectivity index (χ2v) is 7.78. The van der Waals surface area contributed by atoms with Crippen molar-refractivity contribution >= 4 is 29.0 Å². The number of carbonyl (C=O) groups is 1. The Morgan fingerprint density at radius 1 is 1.15 bits per heavy atom. The average Bonchev–Trinajstić information content (AvgIpc) is 3.10. The zero-order chi connectivity index (χ0) is 18.4. The maximum Gasteiger partial charge on any atom is 0.251 e. The Balaban J connectivity index is 1.67. The Kier molecular flexibility index (Phi) is 6.30. The van der Waals surface area contributed by atoms with Crippen LogP contribution in [0.5, 0.6) is 5.75 Å². The number of hydrogen-bond acceptors (Lipinski definition) is 5. The molecule has 0 aliphatic heterocycles. The molecule has 6 heteroatoms. The average molecular weight is 385 g/mol. The number of thioether (sulfide) groups is 1. The number of nitrogens with zero attached hydrogens (tertiary/aromatic N) is 1. The number of para-hydroxylation sites is 1. The molecule has 1 aromatic heterocycles. The van der Waals surface area contributed by atoms with Gasteiger partial charge in [-0.2, -0.15) is 0 Å². The topological polar surface area (TPSA) is 51.2 Å². The van der Waals surface area contributed by atoms with Crippen LogP contribution in [0.3, 0.4) is 0 Å². The Morgan fingerprint density at radius 2 is 1.88 bits per heavy atom. The fraction of sp³-hybridized carbons (Fsp3) is 0.200. The second-order valence-electron chi connectivity index (χ2n) is 5.70. The molecule has 4 nitrogen and oxygen atoms in total. The van der Waals surface area contributed by atoms with E-state index in [1.807, 2.05) is 60.8 Å². The van der Waals surface area contributed by atoms with Gasteiger partial charge in [-0.25, -0.2) is 4.98 Å². The molecule has 134 valence electrons. The number of ether oxygens (including phenoxy) is 1. The maximum atomic E-state index is 12.7. The molecule has 0 spiro atoms. The molecule has 3 rings (SSSR count). The summed E-state index contributed by atoms with van der Waals surface area (Å²) in [5.41, 5.74) is 3.68. The summed E-state index contributed by atoms with van der Waals surface area (Å²) in [5, 5.41) is 5.03. The SMILES string of the molecule is COc1ccccc1CNC(=O)c1ccccc1CSc1nc(C)cs1. The molecule has 0 saturated carbocycles.